The fourth-order valence-electron chi connectivity index (χ4n) is 3.36. The SMILES string of the molecule is CCc1cc2oc(=O)cc(CSc3nnc(CC(C)c4ccccc4)o3)c2cc1Cl. The number of thioether (sulfide) groups is 1. The second-order valence-corrected chi connectivity index (χ2v) is 8.48. The molecule has 0 aliphatic carbocycles. The lowest BCUT2D eigenvalue weighted by Gasteiger charge is -2.08. The molecule has 2 heterocycles. The first kappa shape index (κ1) is 20.7. The Balaban J connectivity index is 1.50. The molecule has 30 heavy (non-hydrogen) atoms. The molecule has 7 heteroatoms. The van der Waals surface area contributed by atoms with Crippen LogP contribution < -0.4 is 5.63 Å². The zero-order valence-corrected chi connectivity index (χ0v) is 18.3. The second kappa shape index (κ2) is 9.06. The zero-order chi connectivity index (χ0) is 21.1. The van der Waals surface area contributed by atoms with Crippen LogP contribution in [0.4, 0.5) is 0 Å². The second-order valence-electron chi connectivity index (χ2n) is 7.15. The van der Waals surface area contributed by atoms with Crippen LogP contribution in [-0.4, -0.2) is 10.2 Å². The van der Waals surface area contributed by atoms with Crippen LogP contribution in [0.3, 0.4) is 0 Å². The summed E-state index contributed by atoms with van der Waals surface area (Å²) in [6, 6.07) is 15.4. The fraction of sp³-hybridized carbons (Fsp3) is 0.261. The van der Waals surface area contributed by atoms with Crippen molar-refractivity contribution in [3.63, 3.8) is 0 Å². The number of rotatable bonds is 7. The predicted octanol–water partition coefficient (Wildman–Crippen LogP) is 6.03. The van der Waals surface area contributed by atoms with E-state index in [4.69, 9.17) is 20.4 Å². The Morgan fingerprint density at radius 3 is 2.63 bits per heavy atom. The van der Waals surface area contributed by atoms with Gasteiger partial charge in [0.1, 0.15) is 5.58 Å². The van der Waals surface area contributed by atoms with E-state index in [1.807, 2.05) is 37.3 Å². The molecule has 4 rings (SSSR count). The highest BCUT2D eigenvalue weighted by Gasteiger charge is 2.14. The van der Waals surface area contributed by atoms with Gasteiger partial charge in [-0.15, -0.1) is 10.2 Å². The Kier molecular flexibility index (Phi) is 6.25. The zero-order valence-electron chi connectivity index (χ0n) is 16.7. The standard InChI is InChI=1S/C23H21ClN2O3S/c1-3-15-10-20-18(12-19(15)24)17(11-22(27)28-20)13-30-23-26-25-21(29-23)9-14(2)16-7-5-4-6-8-16/h4-8,10-12,14H,3,9,13H2,1-2H3. The normalized spacial score (nSPS) is 12.4. The lowest BCUT2D eigenvalue weighted by Crippen LogP contribution is -2.00. The fourth-order valence-corrected chi connectivity index (χ4v) is 4.43. The van der Waals surface area contributed by atoms with Gasteiger partial charge in [-0.1, -0.05) is 67.5 Å². The highest BCUT2D eigenvalue weighted by molar-refractivity contribution is 7.98. The van der Waals surface area contributed by atoms with Crippen LogP contribution in [0.1, 0.15) is 42.3 Å². The van der Waals surface area contributed by atoms with Gasteiger partial charge in [0, 0.05) is 28.6 Å². The lowest BCUT2D eigenvalue weighted by molar-refractivity contribution is 0.404. The molecule has 0 saturated carbocycles. The van der Waals surface area contributed by atoms with E-state index in [1.54, 1.807) is 0 Å². The smallest absolute Gasteiger partial charge is 0.336 e. The summed E-state index contributed by atoms with van der Waals surface area (Å²) >= 11 is 7.76. The van der Waals surface area contributed by atoms with Crippen molar-refractivity contribution < 1.29 is 8.83 Å². The van der Waals surface area contributed by atoms with Crippen molar-refractivity contribution in [3.8, 4) is 0 Å². The molecule has 5 nitrogen and oxygen atoms in total. The minimum absolute atomic E-state index is 0.280. The maximum Gasteiger partial charge on any atom is 0.336 e. The Hall–Kier alpha value is -2.57. The molecular weight excluding hydrogens is 420 g/mol. The van der Waals surface area contributed by atoms with Crippen LogP contribution >= 0.6 is 23.4 Å². The Labute approximate surface area is 183 Å². The van der Waals surface area contributed by atoms with Crippen molar-refractivity contribution in [1.29, 1.82) is 0 Å². The van der Waals surface area contributed by atoms with Crippen molar-refractivity contribution in [2.75, 3.05) is 0 Å². The first-order valence-corrected chi connectivity index (χ1v) is 11.1. The molecular formula is C23H21ClN2O3S. The molecule has 0 bridgehead atoms. The molecule has 0 fully saturated rings. The van der Waals surface area contributed by atoms with Gasteiger partial charge in [0.05, 0.1) is 0 Å². The quantitative estimate of drug-likeness (QED) is 0.258. The van der Waals surface area contributed by atoms with Gasteiger partial charge in [-0.2, -0.15) is 0 Å². The van der Waals surface area contributed by atoms with Crippen molar-refractivity contribution >= 4 is 34.3 Å². The Morgan fingerprint density at radius 1 is 1.07 bits per heavy atom. The van der Waals surface area contributed by atoms with E-state index in [1.165, 1.54) is 23.4 Å². The minimum atomic E-state index is -0.384. The maximum atomic E-state index is 12.0. The molecule has 0 amide bonds. The summed E-state index contributed by atoms with van der Waals surface area (Å²) in [6.45, 7) is 4.15. The molecule has 2 aromatic heterocycles. The van der Waals surface area contributed by atoms with E-state index in [2.05, 4.69) is 29.3 Å². The van der Waals surface area contributed by atoms with Crippen LogP contribution in [0.25, 0.3) is 11.0 Å². The first-order chi connectivity index (χ1) is 14.5. The summed E-state index contributed by atoms with van der Waals surface area (Å²) in [5.74, 6) is 1.38. The third-order valence-electron chi connectivity index (χ3n) is 5.03. The molecule has 4 aromatic rings. The van der Waals surface area contributed by atoms with E-state index < -0.39 is 0 Å². The summed E-state index contributed by atoms with van der Waals surface area (Å²) < 4.78 is 11.2. The van der Waals surface area contributed by atoms with Crippen molar-refractivity contribution in [2.24, 2.45) is 0 Å². The summed E-state index contributed by atoms with van der Waals surface area (Å²) in [5.41, 5.74) is 3.17. The molecule has 0 aliphatic heterocycles. The minimum Gasteiger partial charge on any atom is -0.423 e. The summed E-state index contributed by atoms with van der Waals surface area (Å²) in [7, 11) is 0. The van der Waals surface area contributed by atoms with Gasteiger partial charge in [-0.05, 0) is 41.2 Å². The molecule has 0 saturated heterocycles. The van der Waals surface area contributed by atoms with Crippen molar-refractivity contribution in [3.05, 3.63) is 86.6 Å². The van der Waals surface area contributed by atoms with Crippen molar-refractivity contribution in [2.45, 2.75) is 43.6 Å². The maximum absolute atomic E-state index is 12.0. The first-order valence-electron chi connectivity index (χ1n) is 9.78. The summed E-state index contributed by atoms with van der Waals surface area (Å²) in [4.78, 5) is 12.0. The molecule has 0 aliphatic rings. The van der Waals surface area contributed by atoms with E-state index in [0.717, 1.165) is 22.9 Å². The summed E-state index contributed by atoms with van der Waals surface area (Å²) in [5, 5.41) is 10.3. The number of halogens is 1. The van der Waals surface area contributed by atoms with Gasteiger partial charge in [-0.25, -0.2) is 4.79 Å². The van der Waals surface area contributed by atoms with Crippen molar-refractivity contribution in [1.82, 2.24) is 10.2 Å². The monoisotopic (exact) mass is 440 g/mol. The Morgan fingerprint density at radius 2 is 1.87 bits per heavy atom. The highest BCUT2D eigenvalue weighted by Crippen LogP contribution is 2.30. The predicted molar refractivity (Wildman–Crippen MR) is 119 cm³/mol. The molecule has 0 radical (unpaired) electrons. The molecule has 2 aromatic carbocycles. The van der Waals surface area contributed by atoms with Crippen LogP contribution in [0.15, 0.2) is 67.4 Å². The molecule has 1 atom stereocenters. The van der Waals surface area contributed by atoms with Gasteiger partial charge in [0.25, 0.3) is 5.22 Å². The number of aromatic nitrogens is 2. The van der Waals surface area contributed by atoms with E-state index in [9.17, 15) is 4.79 Å². The molecule has 1 unspecified atom stereocenters. The average Bonchev–Trinajstić information content (AvgIpc) is 3.19. The van der Waals surface area contributed by atoms with E-state index in [0.29, 0.717) is 33.9 Å². The van der Waals surface area contributed by atoms with Gasteiger partial charge in [0.2, 0.25) is 5.89 Å². The van der Waals surface area contributed by atoms with Gasteiger partial charge < -0.3 is 8.83 Å². The van der Waals surface area contributed by atoms with Crippen LogP contribution in [0.2, 0.25) is 5.02 Å². The Bertz CT molecular complexity index is 1220. The van der Waals surface area contributed by atoms with Crippen LogP contribution in [0, 0.1) is 0 Å². The van der Waals surface area contributed by atoms with Gasteiger partial charge >= 0.3 is 5.63 Å². The highest BCUT2D eigenvalue weighted by atomic mass is 35.5. The number of benzene rings is 2. The topological polar surface area (TPSA) is 69.1 Å². The third kappa shape index (κ3) is 4.60. The van der Waals surface area contributed by atoms with Crippen LogP contribution in [0.5, 0.6) is 0 Å². The van der Waals surface area contributed by atoms with Crippen LogP contribution in [-0.2, 0) is 18.6 Å². The molecule has 0 spiro atoms. The third-order valence-corrected chi connectivity index (χ3v) is 6.25. The number of hydrogen-bond donors (Lipinski definition) is 0. The molecule has 0 N–H and O–H groups in total. The number of nitrogens with zero attached hydrogens (tertiary/aromatic N) is 2. The van der Waals surface area contributed by atoms with E-state index >= 15 is 0 Å². The lowest BCUT2D eigenvalue weighted by atomic mass is 9.98. The van der Waals surface area contributed by atoms with E-state index in [-0.39, 0.29) is 11.5 Å². The summed E-state index contributed by atoms with van der Waals surface area (Å²) in [6.07, 6.45) is 1.44. The largest absolute Gasteiger partial charge is 0.423 e. The van der Waals surface area contributed by atoms with Gasteiger partial charge in [0.15, 0.2) is 0 Å². The number of aryl methyl sites for hydroxylation is 1. The molecule has 154 valence electrons. The number of fused-ring (bicyclic) bond motifs is 1. The number of hydrogen-bond acceptors (Lipinski definition) is 6. The van der Waals surface area contributed by atoms with Gasteiger partial charge in [-0.3, -0.25) is 0 Å². The average molecular weight is 441 g/mol.